The zero-order valence-corrected chi connectivity index (χ0v) is 11.5. The first-order chi connectivity index (χ1) is 8.70. The Morgan fingerprint density at radius 3 is 2.78 bits per heavy atom. The lowest BCUT2D eigenvalue weighted by Crippen LogP contribution is -1.99. The van der Waals surface area contributed by atoms with Gasteiger partial charge in [0.2, 0.25) is 0 Å². The summed E-state index contributed by atoms with van der Waals surface area (Å²) in [7, 11) is 0. The van der Waals surface area contributed by atoms with Crippen LogP contribution in [-0.2, 0) is 13.2 Å². The fourth-order valence-corrected chi connectivity index (χ4v) is 2.45. The highest BCUT2D eigenvalue weighted by molar-refractivity contribution is 7.11. The van der Waals surface area contributed by atoms with Crippen molar-refractivity contribution in [1.82, 2.24) is 4.98 Å². The molecule has 2 rings (SSSR count). The second-order valence-electron chi connectivity index (χ2n) is 4.41. The van der Waals surface area contributed by atoms with Gasteiger partial charge in [0.05, 0.1) is 0 Å². The summed E-state index contributed by atoms with van der Waals surface area (Å²) in [5.41, 5.74) is 6.79. The smallest absolute Gasteiger partial charge is 0.140 e. The molecule has 4 heteroatoms. The quantitative estimate of drug-likeness (QED) is 0.899. The molecule has 0 aliphatic carbocycles. The van der Waals surface area contributed by atoms with Crippen molar-refractivity contribution in [3.8, 4) is 5.75 Å². The summed E-state index contributed by atoms with van der Waals surface area (Å²) in [5.74, 6) is 1.40. The minimum absolute atomic E-state index is 0.456. The van der Waals surface area contributed by atoms with Crippen molar-refractivity contribution < 1.29 is 4.74 Å². The molecule has 0 radical (unpaired) electrons. The van der Waals surface area contributed by atoms with Gasteiger partial charge in [-0.3, -0.25) is 0 Å². The van der Waals surface area contributed by atoms with Gasteiger partial charge in [0.1, 0.15) is 17.4 Å². The Hall–Kier alpha value is -1.39. The lowest BCUT2D eigenvalue weighted by molar-refractivity contribution is 0.301. The van der Waals surface area contributed by atoms with Crippen LogP contribution >= 0.6 is 11.3 Å². The highest BCUT2D eigenvalue weighted by atomic mass is 32.1. The fraction of sp³-hybridized carbons (Fsp3) is 0.357. The maximum absolute atomic E-state index is 5.85. The maximum Gasteiger partial charge on any atom is 0.140 e. The van der Waals surface area contributed by atoms with E-state index in [9.17, 15) is 0 Å². The Balaban J connectivity index is 2.05. The third-order valence-electron chi connectivity index (χ3n) is 2.69. The Bertz CT molecular complexity index is 508. The van der Waals surface area contributed by atoms with Crippen molar-refractivity contribution in [3.63, 3.8) is 0 Å². The van der Waals surface area contributed by atoms with Gasteiger partial charge in [-0.25, -0.2) is 4.98 Å². The van der Waals surface area contributed by atoms with Crippen LogP contribution in [0.15, 0.2) is 30.5 Å². The first kappa shape index (κ1) is 13.1. The number of hydrogen-bond donors (Lipinski definition) is 1. The molecule has 1 aromatic heterocycles. The largest absolute Gasteiger partial charge is 0.486 e. The summed E-state index contributed by atoms with van der Waals surface area (Å²) in [6.45, 7) is 5.38. The molecule has 0 bridgehead atoms. The Morgan fingerprint density at radius 1 is 1.33 bits per heavy atom. The van der Waals surface area contributed by atoms with Gasteiger partial charge >= 0.3 is 0 Å². The average molecular weight is 262 g/mol. The first-order valence-corrected chi connectivity index (χ1v) is 6.87. The molecule has 1 aromatic carbocycles. The van der Waals surface area contributed by atoms with E-state index in [1.165, 1.54) is 5.56 Å². The van der Waals surface area contributed by atoms with E-state index in [1.54, 1.807) is 11.3 Å². The van der Waals surface area contributed by atoms with Crippen LogP contribution in [0.4, 0.5) is 0 Å². The highest BCUT2D eigenvalue weighted by Gasteiger charge is 2.08. The van der Waals surface area contributed by atoms with Gasteiger partial charge in [0.15, 0.2) is 0 Å². The molecular formula is C14H18N2OS. The Kier molecular flexibility index (Phi) is 4.33. The number of benzene rings is 1. The lowest BCUT2D eigenvalue weighted by Gasteiger charge is -2.12. The number of aromatic nitrogens is 1. The summed E-state index contributed by atoms with van der Waals surface area (Å²) in [6, 6.07) is 8.15. The van der Waals surface area contributed by atoms with E-state index in [1.807, 2.05) is 24.4 Å². The molecule has 0 saturated carbocycles. The molecule has 0 fully saturated rings. The minimum Gasteiger partial charge on any atom is -0.486 e. The van der Waals surface area contributed by atoms with Crippen molar-refractivity contribution in [2.24, 2.45) is 5.73 Å². The number of ether oxygens (including phenoxy) is 1. The molecule has 18 heavy (non-hydrogen) atoms. The molecule has 0 unspecified atom stereocenters. The van der Waals surface area contributed by atoms with E-state index in [-0.39, 0.29) is 0 Å². The zero-order chi connectivity index (χ0) is 13.0. The van der Waals surface area contributed by atoms with Crippen LogP contribution in [0.2, 0.25) is 0 Å². The SMILES string of the molecule is CC(C)c1ccccc1OCc1ncc(CN)s1. The molecule has 2 N–H and O–H groups in total. The van der Waals surface area contributed by atoms with Crippen LogP contribution in [0.25, 0.3) is 0 Å². The van der Waals surface area contributed by atoms with Gasteiger partial charge in [0, 0.05) is 17.6 Å². The van der Waals surface area contributed by atoms with Crippen molar-refractivity contribution in [2.75, 3.05) is 0 Å². The highest BCUT2D eigenvalue weighted by Crippen LogP contribution is 2.27. The molecule has 3 nitrogen and oxygen atoms in total. The van der Waals surface area contributed by atoms with Crippen LogP contribution in [0.1, 0.15) is 35.2 Å². The summed E-state index contributed by atoms with van der Waals surface area (Å²) in [4.78, 5) is 5.38. The number of nitrogens with two attached hydrogens (primary N) is 1. The number of para-hydroxylation sites is 1. The van der Waals surface area contributed by atoms with Crippen molar-refractivity contribution in [1.29, 1.82) is 0 Å². The number of thiazole rings is 1. The Morgan fingerprint density at radius 2 is 2.11 bits per heavy atom. The van der Waals surface area contributed by atoms with Gasteiger partial charge in [-0.1, -0.05) is 32.0 Å². The van der Waals surface area contributed by atoms with Gasteiger partial charge in [-0.05, 0) is 17.5 Å². The van der Waals surface area contributed by atoms with Gasteiger partial charge < -0.3 is 10.5 Å². The van der Waals surface area contributed by atoms with Gasteiger partial charge in [-0.15, -0.1) is 11.3 Å². The van der Waals surface area contributed by atoms with E-state index in [0.29, 0.717) is 19.1 Å². The maximum atomic E-state index is 5.85. The number of rotatable bonds is 5. The van der Waals surface area contributed by atoms with E-state index < -0.39 is 0 Å². The third kappa shape index (κ3) is 3.09. The molecule has 0 atom stereocenters. The van der Waals surface area contributed by atoms with Crippen LogP contribution in [0, 0.1) is 0 Å². The molecular weight excluding hydrogens is 244 g/mol. The number of nitrogens with zero attached hydrogens (tertiary/aromatic N) is 1. The molecule has 1 heterocycles. The monoisotopic (exact) mass is 262 g/mol. The van der Waals surface area contributed by atoms with Crippen LogP contribution in [0.5, 0.6) is 5.75 Å². The lowest BCUT2D eigenvalue weighted by atomic mass is 10.0. The minimum atomic E-state index is 0.456. The molecule has 0 saturated heterocycles. The summed E-state index contributed by atoms with van der Waals surface area (Å²) < 4.78 is 5.85. The van der Waals surface area contributed by atoms with Gasteiger partial charge in [-0.2, -0.15) is 0 Å². The van der Waals surface area contributed by atoms with Crippen LogP contribution in [0.3, 0.4) is 0 Å². The third-order valence-corrected chi connectivity index (χ3v) is 3.69. The first-order valence-electron chi connectivity index (χ1n) is 6.06. The second kappa shape index (κ2) is 5.98. The predicted molar refractivity (Wildman–Crippen MR) is 74.9 cm³/mol. The van der Waals surface area contributed by atoms with E-state index in [2.05, 4.69) is 24.9 Å². The van der Waals surface area contributed by atoms with E-state index in [4.69, 9.17) is 10.5 Å². The normalized spacial score (nSPS) is 10.9. The summed E-state index contributed by atoms with van der Waals surface area (Å²) in [6.07, 6.45) is 1.82. The molecule has 0 aliphatic rings. The summed E-state index contributed by atoms with van der Waals surface area (Å²) in [5, 5.41) is 0.967. The van der Waals surface area contributed by atoms with Crippen molar-refractivity contribution in [3.05, 3.63) is 45.9 Å². The van der Waals surface area contributed by atoms with Crippen LogP contribution in [-0.4, -0.2) is 4.98 Å². The summed E-state index contributed by atoms with van der Waals surface area (Å²) >= 11 is 1.61. The van der Waals surface area contributed by atoms with Crippen molar-refractivity contribution >= 4 is 11.3 Å². The van der Waals surface area contributed by atoms with Crippen molar-refractivity contribution in [2.45, 2.75) is 32.9 Å². The molecule has 0 spiro atoms. The van der Waals surface area contributed by atoms with E-state index >= 15 is 0 Å². The second-order valence-corrected chi connectivity index (χ2v) is 5.61. The molecule has 0 aliphatic heterocycles. The molecule has 96 valence electrons. The van der Waals surface area contributed by atoms with Gasteiger partial charge in [0.25, 0.3) is 0 Å². The topological polar surface area (TPSA) is 48.1 Å². The van der Waals surface area contributed by atoms with E-state index in [0.717, 1.165) is 15.6 Å². The predicted octanol–water partition coefficient (Wildman–Crippen LogP) is 3.30. The fourth-order valence-electron chi connectivity index (χ4n) is 1.74. The molecule has 0 amide bonds. The number of hydrogen-bond acceptors (Lipinski definition) is 4. The average Bonchev–Trinajstić information content (AvgIpc) is 2.84. The Labute approximate surface area is 112 Å². The molecule has 2 aromatic rings. The standard InChI is InChI=1S/C14H18N2OS/c1-10(2)12-5-3-4-6-13(12)17-9-14-16-8-11(7-15)18-14/h3-6,8,10H,7,9,15H2,1-2H3. The zero-order valence-electron chi connectivity index (χ0n) is 10.7. The van der Waals surface area contributed by atoms with Crippen LogP contribution < -0.4 is 10.5 Å².